The summed E-state index contributed by atoms with van der Waals surface area (Å²) in [5.74, 6) is -0.272. The quantitative estimate of drug-likeness (QED) is 0.781. The van der Waals surface area contributed by atoms with E-state index >= 15 is 0 Å². The Morgan fingerprint density at radius 1 is 1.50 bits per heavy atom. The van der Waals surface area contributed by atoms with Crippen molar-refractivity contribution >= 4 is 11.6 Å². The average Bonchev–Trinajstić information content (AvgIpc) is 1.99. The van der Waals surface area contributed by atoms with Crippen molar-refractivity contribution < 1.29 is 6.22 Å². The van der Waals surface area contributed by atoms with Crippen molar-refractivity contribution in [3.8, 4) is 0 Å². The Kier molecular flexibility index (Phi) is 2.39. The van der Waals surface area contributed by atoms with Crippen LogP contribution in [0.5, 0.6) is 0 Å². The molecule has 0 unspecified atom stereocenters. The van der Waals surface area contributed by atoms with Crippen LogP contribution in [0.4, 0.5) is 5.69 Å². The van der Waals surface area contributed by atoms with Crippen molar-refractivity contribution in [3.05, 3.63) is 29.8 Å². The molecule has 0 aliphatic carbocycles. The van der Waals surface area contributed by atoms with Gasteiger partial charge in [0.05, 0.1) is 6.42 Å². The number of primary amides is 1. The molecule has 3 heteroatoms. The molecule has 1 aliphatic rings. The minimum Gasteiger partial charge on any atom is -0.371 e. The van der Waals surface area contributed by atoms with E-state index in [-0.39, 0.29) is 7.33 Å². The Balaban J connectivity index is 0.00000112. The van der Waals surface area contributed by atoms with Gasteiger partial charge in [-0.1, -0.05) is 12.1 Å². The van der Waals surface area contributed by atoms with Gasteiger partial charge in [0.15, 0.2) is 0 Å². The maximum absolute atomic E-state index is 10.7. The lowest BCUT2D eigenvalue weighted by Gasteiger charge is -2.33. The third-order valence-corrected chi connectivity index (χ3v) is 2.51. The van der Waals surface area contributed by atoms with Crippen LogP contribution in [0, 0.1) is 0 Å². The molecule has 1 aliphatic heterocycles. The van der Waals surface area contributed by atoms with Gasteiger partial charge in [-0.15, -0.1) is 0 Å². The standard InChI is InChI=1S/C11H14N2O.H2/c12-11(14)8-9-3-1-4-10(7-9)13-5-2-6-13;/h1,3-4,7H,2,5-6,8H2,(H2,12,14);1H. The van der Waals surface area contributed by atoms with E-state index in [4.69, 9.17) is 5.73 Å². The molecule has 2 rings (SSSR count). The van der Waals surface area contributed by atoms with E-state index in [0.29, 0.717) is 6.42 Å². The molecule has 0 aromatic heterocycles. The molecule has 0 spiro atoms. The molecule has 1 saturated heterocycles. The van der Waals surface area contributed by atoms with E-state index in [1.807, 2.05) is 18.2 Å². The van der Waals surface area contributed by atoms with Crippen molar-refractivity contribution in [2.75, 3.05) is 18.0 Å². The van der Waals surface area contributed by atoms with Gasteiger partial charge in [-0.2, -0.15) is 0 Å². The predicted octanol–water partition coefficient (Wildman–Crippen LogP) is 1.17. The maximum Gasteiger partial charge on any atom is 0.221 e. The summed E-state index contributed by atoms with van der Waals surface area (Å²) in [5.41, 5.74) is 7.35. The zero-order chi connectivity index (χ0) is 9.97. The highest BCUT2D eigenvalue weighted by Crippen LogP contribution is 2.21. The van der Waals surface area contributed by atoms with E-state index in [1.54, 1.807) is 0 Å². The number of hydrogen-bond acceptors (Lipinski definition) is 2. The molecule has 3 nitrogen and oxygen atoms in total. The van der Waals surface area contributed by atoms with Crippen LogP contribution in [-0.2, 0) is 11.2 Å². The number of amides is 1. The first kappa shape index (κ1) is 9.06. The highest BCUT2D eigenvalue weighted by Gasteiger charge is 2.14. The number of rotatable bonds is 3. The predicted molar refractivity (Wildman–Crippen MR) is 58.3 cm³/mol. The van der Waals surface area contributed by atoms with E-state index in [0.717, 1.165) is 18.7 Å². The Morgan fingerprint density at radius 3 is 2.86 bits per heavy atom. The third kappa shape index (κ3) is 1.87. The molecule has 76 valence electrons. The van der Waals surface area contributed by atoms with Gasteiger partial charge in [0.25, 0.3) is 0 Å². The van der Waals surface area contributed by atoms with Crippen LogP contribution in [0.3, 0.4) is 0 Å². The molecule has 0 atom stereocenters. The number of hydrogen-bond donors (Lipinski definition) is 1. The SMILES string of the molecule is NC(=O)Cc1cccc(N2CCC2)c1.[HH]. The first-order valence-corrected chi connectivity index (χ1v) is 4.88. The summed E-state index contributed by atoms with van der Waals surface area (Å²) in [6, 6.07) is 8.04. The number of carbonyl (C=O) groups excluding carboxylic acids is 1. The lowest BCUT2D eigenvalue weighted by molar-refractivity contribution is -0.117. The first-order valence-electron chi connectivity index (χ1n) is 4.88. The molecule has 14 heavy (non-hydrogen) atoms. The van der Waals surface area contributed by atoms with Gasteiger partial charge in [-0.25, -0.2) is 0 Å². The Hall–Kier alpha value is -1.51. The molecule has 1 amide bonds. The molecular weight excluding hydrogens is 176 g/mol. The highest BCUT2D eigenvalue weighted by molar-refractivity contribution is 5.77. The number of nitrogens with zero attached hydrogens (tertiary/aromatic N) is 1. The zero-order valence-electron chi connectivity index (χ0n) is 8.07. The number of benzene rings is 1. The Bertz CT molecular complexity index is 350. The summed E-state index contributed by atoms with van der Waals surface area (Å²) in [5, 5.41) is 0. The number of anilines is 1. The topological polar surface area (TPSA) is 46.3 Å². The van der Waals surface area contributed by atoms with Gasteiger partial charge in [0.2, 0.25) is 5.91 Å². The molecule has 1 aromatic carbocycles. The summed E-state index contributed by atoms with van der Waals surface area (Å²) in [4.78, 5) is 13.0. The van der Waals surface area contributed by atoms with Crippen LogP contribution in [0.1, 0.15) is 13.4 Å². The normalized spacial score (nSPS) is 15.0. The molecule has 0 radical (unpaired) electrons. The van der Waals surface area contributed by atoms with Crippen LogP contribution in [0.15, 0.2) is 24.3 Å². The van der Waals surface area contributed by atoms with E-state index in [9.17, 15) is 4.79 Å². The van der Waals surface area contributed by atoms with Crippen LogP contribution in [-0.4, -0.2) is 19.0 Å². The fourth-order valence-electron chi connectivity index (χ4n) is 1.64. The minimum absolute atomic E-state index is 0. The average molecular weight is 192 g/mol. The number of nitrogens with two attached hydrogens (primary N) is 1. The van der Waals surface area contributed by atoms with Crippen LogP contribution >= 0.6 is 0 Å². The molecule has 1 fully saturated rings. The molecule has 0 bridgehead atoms. The zero-order valence-corrected chi connectivity index (χ0v) is 8.07. The summed E-state index contributed by atoms with van der Waals surface area (Å²) >= 11 is 0. The fraction of sp³-hybridized carbons (Fsp3) is 0.364. The summed E-state index contributed by atoms with van der Waals surface area (Å²) in [6.07, 6.45) is 1.60. The van der Waals surface area contributed by atoms with Crippen molar-refractivity contribution in [2.24, 2.45) is 5.73 Å². The Morgan fingerprint density at radius 2 is 2.29 bits per heavy atom. The summed E-state index contributed by atoms with van der Waals surface area (Å²) in [7, 11) is 0. The smallest absolute Gasteiger partial charge is 0.221 e. The Labute approximate surface area is 85.0 Å². The van der Waals surface area contributed by atoms with Crippen LogP contribution in [0.25, 0.3) is 0 Å². The maximum atomic E-state index is 10.7. The second-order valence-electron chi connectivity index (χ2n) is 3.65. The molecule has 1 heterocycles. The molecule has 2 N–H and O–H groups in total. The monoisotopic (exact) mass is 192 g/mol. The molecular formula is C11H16N2O. The molecule has 1 aromatic rings. The van der Waals surface area contributed by atoms with Crippen LogP contribution < -0.4 is 10.6 Å². The van der Waals surface area contributed by atoms with Gasteiger partial charge in [-0.05, 0) is 24.1 Å². The van der Waals surface area contributed by atoms with Crippen molar-refractivity contribution in [3.63, 3.8) is 0 Å². The number of carbonyl (C=O) groups is 1. The molecule has 0 saturated carbocycles. The van der Waals surface area contributed by atoms with Gasteiger partial charge < -0.3 is 10.6 Å². The lowest BCUT2D eigenvalue weighted by atomic mass is 10.1. The van der Waals surface area contributed by atoms with Gasteiger partial charge in [0.1, 0.15) is 0 Å². The second kappa shape index (κ2) is 3.70. The summed E-state index contributed by atoms with van der Waals surface area (Å²) < 4.78 is 0. The van der Waals surface area contributed by atoms with Crippen LogP contribution in [0.2, 0.25) is 0 Å². The van der Waals surface area contributed by atoms with E-state index in [1.165, 1.54) is 12.1 Å². The van der Waals surface area contributed by atoms with E-state index < -0.39 is 0 Å². The minimum atomic E-state index is -0.272. The largest absolute Gasteiger partial charge is 0.371 e. The van der Waals surface area contributed by atoms with Gasteiger partial charge in [0, 0.05) is 20.2 Å². The van der Waals surface area contributed by atoms with Crippen molar-refractivity contribution in [1.82, 2.24) is 0 Å². The highest BCUT2D eigenvalue weighted by atomic mass is 16.1. The summed E-state index contributed by atoms with van der Waals surface area (Å²) in [6.45, 7) is 2.25. The van der Waals surface area contributed by atoms with Crippen molar-refractivity contribution in [2.45, 2.75) is 12.8 Å². The fourth-order valence-corrected chi connectivity index (χ4v) is 1.64. The van der Waals surface area contributed by atoms with Crippen molar-refractivity contribution in [1.29, 1.82) is 0 Å². The second-order valence-corrected chi connectivity index (χ2v) is 3.65. The lowest BCUT2D eigenvalue weighted by Crippen LogP contribution is -2.36. The third-order valence-electron chi connectivity index (χ3n) is 2.51. The first-order chi connectivity index (χ1) is 6.75. The van der Waals surface area contributed by atoms with Gasteiger partial charge in [-0.3, -0.25) is 4.79 Å². The van der Waals surface area contributed by atoms with Gasteiger partial charge >= 0.3 is 0 Å². The van der Waals surface area contributed by atoms with E-state index in [2.05, 4.69) is 11.0 Å².